The molecule has 9 aromatic rings. The van der Waals surface area contributed by atoms with Gasteiger partial charge in [-0.15, -0.1) is 0 Å². The lowest BCUT2D eigenvalue weighted by atomic mass is 9.95. The minimum absolute atomic E-state index is 0.0457. The van der Waals surface area contributed by atoms with Gasteiger partial charge in [0.25, 0.3) is 0 Å². The van der Waals surface area contributed by atoms with Gasteiger partial charge in [-0.05, 0) is 64.7 Å². The van der Waals surface area contributed by atoms with Crippen LogP contribution in [-0.4, -0.2) is 19.5 Å². The Kier molecular flexibility index (Phi) is 9.49. The fourth-order valence-corrected chi connectivity index (χ4v) is 7.59. The van der Waals surface area contributed by atoms with Crippen LogP contribution in [0.15, 0.2) is 164 Å². The Bertz CT molecular complexity index is 3040. The van der Waals surface area contributed by atoms with E-state index in [2.05, 4.69) is 0 Å². The molecule has 0 saturated carbocycles. The molecule has 0 aliphatic heterocycles. The Morgan fingerprint density at radius 1 is 0.344 bits per heavy atom. The van der Waals surface area contributed by atoms with Crippen molar-refractivity contribution in [2.45, 2.75) is 18.5 Å². The molecule has 61 heavy (non-hydrogen) atoms. The molecule has 0 aliphatic carbocycles. The van der Waals surface area contributed by atoms with Crippen molar-refractivity contribution in [3.63, 3.8) is 0 Å². The molecule has 0 saturated heterocycles. The summed E-state index contributed by atoms with van der Waals surface area (Å²) in [5, 5.41) is 1.20. The molecule has 0 fully saturated rings. The minimum atomic E-state index is -5.16. The third-order valence-electron chi connectivity index (χ3n) is 10.4. The SMILES string of the molecule is FC(F)(F)c1ccc(-c2ccc3c4ccccc4n(-c4cc(-c5ccccc5C(F)(F)F)ccc4-c4nc(-c5ccccc5)nc(-c5ccccc5)n4)c3c2)c(C(F)(F)F)c1. The van der Waals surface area contributed by atoms with E-state index in [1.54, 1.807) is 47.0 Å². The Morgan fingerprint density at radius 2 is 0.852 bits per heavy atom. The summed E-state index contributed by atoms with van der Waals surface area (Å²) in [6, 6.07) is 40.9. The van der Waals surface area contributed by atoms with Crippen LogP contribution in [0.3, 0.4) is 0 Å². The maximum absolute atomic E-state index is 14.5. The summed E-state index contributed by atoms with van der Waals surface area (Å²) in [5.74, 6) is 0.740. The highest BCUT2D eigenvalue weighted by atomic mass is 19.4. The second-order valence-corrected chi connectivity index (χ2v) is 14.2. The highest BCUT2D eigenvalue weighted by Gasteiger charge is 2.39. The molecule has 0 aliphatic rings. The molecule has 0 amide bonds. The van der Waals surface area contributed by atoms with Gasteiger partial charge in [-0.2, -0.15) is 39.5 Å². The van der Waals surface area contributed by atoms with Gasteiger partial charge in [-0.1, -0.05) is 121 Å². The molecule has 0 unspecified atom stereocenters. The highest BCUT2D eigenvalue weighted by molar-refractivity contribution is 6.11. The largest absolute Gasteiger partial charge is 0.417 e. The fraction of sp³-hybridized carbons (Fsp3) is 0.0625. The van der Waals surface area contributed by atoms with Crippen molar-refractivity contribution in [1.82, 2.24) is 19.5 Å². The summed E-state index contributed by atoms with van der Waals surface area (Å²) in [5.41, 5.74) is -1.59. The third-order valence-corrected chi connectivity index (χ3v) is 10.4. The standard InChI is InChI=1S/C48H27F9N4/c49-46(50,51)32-21-24-34(39(27-32)48(55,56)57)31-19-22-36-35-16-8-10-18-40(35)61(41(36)25-31)42-26-30(33-15-7-9-17-38(33)47(52,53)54)20-23-37(42)45-59-43(28-11-3-1-4-12-28)58-44(60-45)29-13-5-2-6-14-29/h1-27H. The lowest BCUT2D eigenvalue weighted by molar-refractivity contribution is -0.143. The van der Waals surface area contributed by atoms with E-state index in [9.17, 15) is 39.5 Å². The van der Waals surface area contributed by atoms with Crippen LogP contribution in [0.5, 0.6) is 0 Å². The predicted octanol–water partition coefficient (Wildman–Crippen LogP) is 14.4. The second-order valence-electron chi connectivity index (χ2n) is 14.2. The molecule has 7 aromatic carbocycles. The van der Waals surface area contributed by atoms with Crippen molar-refractivity contribution >= 4 is 21.8 Å². The first-order valence-electron chi connectivity index (χ1n) is 18.7. The number of hydrogen-bond acceptors (Lipinski definition) is 3. The van der Waals surface area contributed by atoms with Gasteiger partial charge in [0.05, 0.1) is 33.4 Å². The first kappa shape index (κ1) is 39.2. The molecule has 0 atom stereocenters. The maximum Gasteiger partial charge on any atom is 0.417 e. The average Bonchev–Trinajstić information content (AvgIpc) is 3.59. The Hall–Kier alpha value is -7.28. The van der Waals surface area contributed by atoms with E-state index in [0.717, 1.165) is 12.1 Å². The molecule has 13 heteroatoms. The van der Waals surface area contributed by atoms with Crippen molar-refractivity contribution in [2.24, 2.45) is 0 Å². The lowest BCUT2D eigenvalue weighted by Crippen LogP contribution is -2.12. The minimum Gasteiger partial charge on any atom is -0.308 e. The molecular weight excluding hydrogens is 804 g/mol. The summed E-state index contributed by atoms with van der Waals surface area (Å²) in [6.07, 6.45) is -14.9. The van der Waals surface area contributed by atoms with E-state index >= 15 is 0 Å². The van der Waals surface area contributed by atoms with Crippen molar-refractivity contribution in [3.8, 4) is 62.1 Å². The fourth-order valence-electron chi connectivity index (χ4n) is 7.59. The summed E-state index contributed by atoms with van der Waals surface area (Å²) >= 11 is 0. The molecule has 2 heterocycles. The summed E-state index contributed by atoms with van der Waals surface area (Å²) in [7, 11) is 0. The molecular formula is C48H27F9N4. The number of benzene rings is 7. The summed E-state index contributed by atoms with van der Waals surface area (Å²) < 4.78 is 130. The lowest BCUT2D eigenvalue weighted by Gasteiger charge is -2.19. The zero-order valence-electron chi connectivity index (χ0n) is 31.3. The molecule has 2 aromatic heterocycles. The van der Waals surface area contributed by atoms with E-state index in [0.29, 0.717) is 56.2 Å². The number of halogens is 9. The van der Waals surface area contributed by atoms with Gasteiger partial charge in [0, 0.05) is 27.5 Å². The molecule has 4 nitrogen and oxygen atoms in total. The predicted molar refractivity (Wildman–Crippen MR) is 216 cm³/mol. The van der Waals surface area contributed by atoms with Gasteiger partial charge in [0.15, 0.2) is 17.5 Å². The average molecular weight is 831 g/mol. The van der Waals surface area contributed by atoms with Crippen LogP contribution < -0.4 is 0 Å². The Morgan fingerprint density at radius 3 is 1.49 bits per heavy atom. The van der Waals surface area contributed by atoms with Gasteiger partial charge in [-0.3, -0.25) is 0 Å². The number of hydrogen-bond donors (Lipinski definition) is 0. The Balaban J connectivity index is 1.37. The third kappa shape index (κ3) is 7.36. The molecule has 302 valence electrons. The number of fused-ring (bicyclic) bond motifs is 3. The van der Waals surface area contributed by atoms with Gasteiger partial charge in [-0.25, -0.2) is 15.0 Å². The van der Waals surface area contributed by atoms with E-state index in [1.807, 2.05) is 60.7 Å². The summed E-state index contributed by atoms with van der Waals surface area (Å²) in [6.45, 7) is 0. The van der Waals surface area contributed by atoms with Crippen molar-refractivity contribution in [3.05, 3.63) is 180 Å². The van der Waals surface area contributed by atoms with Crippen molar-refractivity contribution < 1.29 is 39.5 Å². The Labute approximate surface area is 341 Å². The van der Waals surface area contributed by atoms with E-state index in [1.165, 1.54) is 36.4 Å². The number of para-hydroxylation sites is 1. The number of aromatic nitrogens is 4. The highest BCUT2D eigenvalue weighted by Crippen LogP contribution is 2.45. The van der Waals surface area contributed by atoms with Crippen molar-refractivity contribution in [2.75, 3.05) is 0 Å². The quantitative estimate of drug-likeness (QED) is 0.157. The van der Waals surface area contributed by atoms with Crippen LogP contribution in [0.1, 0.15) is 16.7 Å². The topological polar surface area (TPSA) is 43.6 Å². The van der Waals surface area contributed by atoms with Crippen LogP contribution in [0, 0.1) is 0 Å². The number of rotatable bonds is 6. The van der Waals surface area contributed by atoms with Crippen LogP contribution in [0.25, 0.3) is 83.9 Å². The smallest absolute Gasteiger partial charge is 0.308 e. The van der Waals surface area contributed by atoms with Crippen molar-refractivity contribution in [1.29, 1.82) is 0 Å². The molecule has 0 N–H and O–H groups in total. The molecule has 0 spiro atoms. The number of nitrogens with zero attached hydrogens (tertiary/aromatic N) is 4. The normalized spacial score (nSPS) is 12.3. The molecule has 9 rings (SSSR count). The summed E-state index contributed by atoms with van der Waals surface area (Å²) in [4.78, 5) is 14.6. The molecule has 0 bridgehead atoms. The van der Waals surface area contributed by atoms with Crippen LogP contribution >= 0.6 is 0 Å². The van der Waals surface area contributed by atoms with Gasteiger partial charge < -0.3 is 4.57 Å². The number of alkyl halides is 9. The maximum atomic E-state index is 14.5. The van der Waals surface area contributed by atoms with Crippen LogP contribution in [0.2, 0.25) is 0 Å². The molecule has 0 radical (unpaired) electrons. The first-order chi connectivity index (χ1) is 29.1. The van der Waals surface area contributed by atoms with E-state index in [4.69, 9.17) is 15.0 Å². The van der Waals surface area contributed by atoms with Gasteiger partial charge in [0.2, 0.25) is 0 Å². The second kappa shape index (κ2) is 14.8. The van der Waals surface area contributed by atoms with E-state index in [-0.39, 0.29) is 34.3 Å². The van der Waals surface area contributed by atoms with Gasteiger partial charge in [0.1, 0.15) is 0 Å². The van der Waals surface area contributed by atoms with Crippen LogP contribution in [-0.2, 0) is 18.5 Å². The zero-order chi connectivity index (χ0) is 42.7. The zero-order valence-corrected chi connectivity index (χ0v) is 31.3. The monoisotopic (exact) mass is 830 g/mol. The van der Waals surface area contributed by atoms with E-state index < -0.39 is 40.8 Å². The van der Waals surface area contributed by atoms with Crippen LogP contribution in [0.4, 0.5) is 39.5 Å². The first-order valence-corrected chi connectivity index (χ1v) is 18.7. The van der Waals surface area contributed by atoms with Gasteiger partial charge >= 0.3 is 18.5 Å².